The van der Waals surface area contributed by atoms with Crippen molar-refractivity contribution in [3.63, 3.8) is 0 Å². The van der Waals surface area contributed by atoms with Crippen LogP contribution in [0.15, 0.2) is 54.6 Å². The Balaban J connectivity index is 1.41. The summed E-state index contributed by atoms with van der Waals surface area (Å²) >= 11 is 0. The van der Waals surface area contributed by atoms with Crippen molar-refractivity contribution >= 4 is 23.3 Å². The molecule has 2 aliphatic carbocycles. The van der Waals surface area contributed by atoms with Crippen molar-refractivity contribution in [1.82, 2.24) is 0 Å². The molecule has 4 atom stereocenters. The smallest absolute Gasteiger partial charge is 0.418 e. The number of carbonyl (C=O) groups excluding carboxylic acids is 3. The second-order valence-corrected chi connectivity index (χ2v) is 8.31. The van der Waals surface area contributed by atoms with Gasteiger partial charge in [-0.1, -0.05) is 42.5 Å². The van der Waals surface area contributed by atoms with Crippen molar-refractivity contribution in [2.24, 2.45) is 23.7 Å². The second kappa shape index (κ2) is 8.76. The van der Waals surface area contributed by atoms with E-state index in [0.717, 1.165) is 31.4 Å². The van der Waals surface area contributed by atoms with Gasteiger partial charge >= 0.3 is 12.1 Å². The molecular formula is C24H22F3NO4. The summed E-state index contributed by atoms with van der Waals surface area (Å²) in [6.45, 7) is -0.717. The molecule has 4 rings (SSSR count). The molecule has 0 spiro atoms. The average Bonchev–Trinajstić information content (AvgIpc) is 3.39. The van der Waals surface area contributed by atoms with Crippen LogP contribution in [-0.4, -0.2) is 24.3 Å². The van der Waals surface area contributed by atoms with Crippen LogP contribution in [0.4, 0.5) is 18.9 Å². The van der Waals surface area contributed by atoms with Crippen LogP contribution >= 0.6 is 0 Å². The van der Waals surface area contributed by atoms with Gasteiger partial charge in [-0.3, -0.25) is 14.4 Å². The van der Waals surface area contributed by atoms with Crippen LogP contribution in [0.2, 0.25) is 0 Å². The summed E-state index contributed by atoms with van der Waals surface area (Å²) in [5.41, 5.74) is -0.858. The summed E-state index contributed by atoms with van der Waals surface area (Å²) in [4.78, 5) is 38.1. The lowest BCUT2D eigenvalue weighted by molar-refractivity contribution is -0.154. The minimum Gasteiger partial charge on any atom is -0.455 e. The zero-order valence-electron chi connectivity index (χ0n) is 17.1. The maximum absolute atomic E-state index is 13.1. The first-order chi connectivity index (χ1) is 15.3. The lowest BCUT2D eigenvalue weighted by Gasteiger charge is -2.28. The van der Waals surface area contributed by atoms with E-state index >= 15 is 0 Å². The molecule has 0 aliphatic heterocycles. The van der Waals surface area contributed by atoms with E-state index in [1.165, 1.54) is 12.1 Å². The van der Waals surface area contributed by atoms with Gasteiger partial charge in [-0.25, -0.2) is 0 Å². The van der Waals surface area contributed by atoms with E-state index in [2.05, 4.69) is 5.32 Å². The molecule has 2 bridgehead atoms. The van der Waals surface area contributed by atoms with Crippen molar-refractivity contribution in [3.05, 3.63) is 65.7 Å². The van der Waals surface area contributed by atoms with Crippen LogP contribution < -0.4 is 5.32 Å². The van der Waals surface area contributed by atoms with Gasteiger partial charge in [0.25, 0.3) is 5.91 Å². The number of anilines is 1. The molecule has 1 N–H and O–H groups in total. The van der Waals surface area contributed by atoms with Gasteiger partial charge in [-0.15, -0.1) is 0 Å². The van der Waals surface area contributed by atoms with Crippen molar-refractivity contribution in [1.29, 1.82) is 0 Å². The Kier molecular flexibility index (Phi) is 6.04. The largest absolute Gasteiger partial charge is 0.455 e. The maximum Gasteiger partial charge on any atom is 0.418 e. The first kappa shape index (κ1) is 22.0. The predicted octanol–water partition coefficient (Wildman–Crippen LogP) is 4.73. The number of hydrogen-bond donors (Lipinski definition) is 1. The van der Waals surface area contributed by atoms with Gasteiger partial charge in [-0.05, 0) is 43.2 Å². The molecule has 1 amide bonds. The van der Waals surface area contributed by atoms with Gasteiger partial charge in [0.05, 0.1) is 17.2 Å². The molecule has 0 saturated heterocycles. The van der Waals surface area contributed by atoms with Crippen molar-refractivity contribution in [2.45, 2.75) is 25.4 Å². The molecule has 0 aromatic heterocycles. The number of carbonyl (C=O) groups is 3. The van der Waals surface area contributed by atoms with E-state index < -0.39 is 47.7 Å². The zero-order valence-corrected chi connectivity index (χ0v) is 17.1. The fourth-order valence-corrected chi connectivity index (χ4v) is 5.06. The molecule has 2 aromatic rings. The normalized spacial score (nSPS) is 24.2. The van der Waals surface area contributed by atoms with Crippen molar-refractivity contribution in [2.75, 3.05) is 11.9 Å². The van der Waals surface area contributed by atoms with Crippen molar-refractivity contribution < 1.29 is 32.3 Å². The Labute approximate surface area is 183 Å². The third-order valence-corrected chi connectivity index (χ3v) is 6.40. The molecule has 32 heavy (non-hydrogen) atoms. The quantitative estimate of drug-likeness (QED) is 0.515. The highest BCUT2D eigenvalue weighted by atomic mass is 19.4. The Bertz CT molecular complexity index is 1020. The summed E-state index contributed by atoms with van der Waals surface area (Å²) < 4.78 is 44.5. The van der Waals surface area contributed by atoms with Crippen molar-refractivity contribution in [3.8, 4) is 0 Å². The third-order valence-electron chi connectivity index (χ3n) is 6.40. The standard InChI is InChI=1S/C24H22F3NO4/c25-24(26,27)17-8-4-5-9-18(17)28-19(29)13-32-23(31)21-16-11-10-15(12-16)20(21)22(30)14-6-2-1-3-7-14/h1-9,15-16,20-21H,10-13H2,(H,28,29)/t15-,16-,20-,21+/m0/s1. The van der Waals surface area contributed by atoms with Gasteiger partial charge in [0, 0.05) is 11.5 Å². The fourth-order valence-electron chi connectivity index (χ4n) is 5.06. The van der Waals surface area contributed by atoms with E-state index in [-0.39, 0.29) is 17.6 Å². The molecule has 0 unspecified atom stereocenters. The van der Waals surface area contributed by atoms with E-state index in [0.29, 0.717) is 5.56 Å². The fraction of sp³-hybridized carbons (Fsp3) is 0.375. The highest BCUT2D eigenvalue weighted by Gasteiger charge is 2.54. The first-order valence-electron chi connectivity index (χ1n) is 10.5. The van der Waals surface area contributed by atoms with E-state index in [4.69, 9.17) is 4.74 Å². The topological polar surface area (TPSA) is 72.5 Å². The summed E-state index contributed by atoms with van der Waals surface area (Å²) in [5, 5.41) is 2.15. The number of rotatable bonds is 6. The summed E-state index contributed by atoms with van der Waals surface area (Å²) in [6.07, 6.45) is -2.19. The molecule has 168 valence electrons. The van der Waals surface area contributed by atoms with E-state index in [9.17, 15) is 27.6 Å². The van der Waals surface area contributed by atoms with Gasteiger partial charge in [0.15, 0.2) is 12.4 Å². The monoisotopic (exact) mass is 445 g/mol. The number of alkyl halides is 3. The predicted molar refractivity (Wildman–Crippen MR) is 110 cm³/mol. The Morgan fingerprint density at radius 1 is 0.906 bits per heavy atom. The van der Waals surface area contributed by atoms with Gasteiger partial charge in [0.2, 0.25) is 0 Å². The molecule has 2 aliphatic rings. The molecular weight excluding hydrogens is 423 g/mol. The minimum absolute atomic E-state index is 0.0131. The van der Waals surface area contributed by atoms with Gasteiger partial charge in [-0.2, -0.15) is 13.2 Å². The number of para-hydroxylation sites is 1. The number of benzene rings is 2. The Morgan fingerprint density at radius 2 is 1.53 bits per heavy atom. The zero-order chi connectivity index (χ0) is 22.9. The Hall–Kier alpha value is -3.16. The van der Waals surface area contributed by atoms with Crippen LogP contribution in [-0.2, 0) is 20.5 Å². The van der Waals surface area contributed by atoms with Crippen LogP contribution in [0.3, 0.4) is 0 Å². The number of Topliss-reactive ketones (excluding diaryl/α,β-unsaturated/α-hetero) is 1. The molecule has 2 aromatic carbocycles. The SMILES string of the molecule is O=C(COC(=O)[C@@H]1[C@H]2CC[C@@H](C2)[C@@H]1C(=O)c1ccccc1)Nc1ccccc1C(F)(F)F. The molecule has 0 heterocycles. The van der Waals surface area contributed by atoms with E-state index in [1.54, 1.807) is 30.3 Å². The van der Waals surface area contributed by atoms with Crippen LogP contribution in [0.25, 0.3) is 0 Å². The number of ketones is 1. The molecule has 2 saturated carbocycles. The highest BCUT2D eigenvalue weighted by molar-refractivity contribution is 6.01. The molecule has 8 heteroatoms. The number of amides is 1. The average molecular weight is 445 g/mol. The first-order valence-corrected chi connectivity index (χ1v) is 10.5. The van der Waals surface area contributed by atoms with E-state index in [1.807, 2.05) is 0 Å². The number of esters is 1. The summed E-state index contributed by atoms with van der Waals surface area (Å²) in [7, 11) is 0. The third kappa shape index (κ3) is 4.40. The minimum atomic E-state index is -4.63. The second-order valence-electron chi connectivity index (χ2n) is 8.31. The number of ether oxygens (including phenoxy) is 1. The lowest BCUT2D eigenvalue weighted by atomic mass is 9.75. The number of hydrogen-bond acceptors (Lipinski definition) is 4. The maximum atomic E-state index is 13.1. The number of nitrogens with one attached hydrogen (secondary N) is 1. The van der Waals surface area contributed by atoms with Crippen LogP contribution in [0, 0.1) is 23.7 Å². The van der Waals surface area contributed by atoms with Crippen LogP contribution in [0.1, 0.15) is 35.2 Å². The lowest BCUT2D eigenvalue weighted by Crippen LogP contribution is -2.37. The highest BCUT2D eigenvalue weighted by Crippen LogP contribution is 2.53. The summed E-state index contributed by atoms with van der Waals surface area (Å²) in [6, 6.07) is 13.3. The molecule has 0 radical (unpaired) electrons. The molecule has 5 nitrogen and oxygen atoms in total. The van der Waals surface area contributed by atoms with Crippen LogP contribution in [0.5, 0.6) is 0 Å². The summed E-state index contributed by atoms with van der Waals surface area (Å²) in [5.74, 6) is -2.66. The number of halogens is 3. The van der Waals surface area contributed by atoms with Gasteiger partial charge in [0.1, 0.15) is 0 Å². The molecule has 2 fully saturated rings. The Morgan fingerprint density at radius 3 is 2.22 bits per heavy atom. The number of fused-ring (bicyclic) bond motifs is 2. The van der Waals surface area contributed by atoms with Gasteiger partial charge < -0.3 is 10.1 Å².